The Balaban J connectivity index is 1.16. The number of hydrogen-bond acceptors (Lipinski definition) is 8. The molecule has 0 unspecified atom stereocenters. The van der Waals surface area contributed by atoms with Crippen molar-refractivity contribution in [3.05, 3.63) is 53.4 Å². The zero-order valence-corrected chi connectivity index (χ0v) is 27.4. The van der Waals surface area contributed by atoms with Crippen LogP contribution in [0.4, 0.5) is 14.6 Å². The second kappa shape index (κ2) is 12.4. The first-order valence-electron chi connectivity index (χ1n) is 16.6. The van der Waals surface area contributed by atoms with Crippen LogP contribution in [0.1, 0.15) is 25.7 Å². The summed E-state index contributed by atoms with van der Waals surface area (Å²) in [6.45, 7) is 4.06. The highest BCUT2D eigenvalue weighted by Crippen LogP contribution is 2.41. The molecule has 3 atom stereocenters. The van der Waals surface area contributed by atoms with E-state index in [-0.39, 0.29) is 41.7 Å². The monoisotopic (exact) mass is 671 g/mol. The van der Waals surface area contributed by atoms with Crippen LogP contribution >= 0.6 is 11.6 Å². The molecular weight excluding hydrogens is 636 g/mol. The van der Waals surface area contributed by atoms with Crippen LogP contribution in [0.15, 0.2) is 42.6 Å². The van der Waals surface area contributed by atoms with Gasteiger partial charge in [-0.25, -0.2) is 8.78 Å². The van der Waals surface area contributed by atoms with Gasteiger partial charge in [-0.3, -0.25) is 14.7 Å². The molecule has 0 bridgehead atoms. The minimum absolute atomic E-state index is 0.0192. The maximum Gasteiger partial charge on any atom is 0.319 e. The van der Waals surface area contributed by atoms with E-state index in [2.05, 4.69) is 32.0 Å². The van der Waals surface area contributed by atoms with Crippen LogP contribution in [0.3, 0.4) is 0 Å². The number of benzene rings is 2. The highest BCUT2D eigenvalue weighted by molar-refractivity contribution is 6.36. The van der Waals surface area contributed by atoms with Gasteiger partial charge in [-0.2, -0.15) is 9.97 Å². The van der Waals surface area contributed by atoms with Crippen molar-refractivity contribution in [1.82, 2.24) is 30.1 Å². The van der Waals surface area contributed by atoms with E-state index in [0.717, 1.165) is 37.9 Å². The number of alkyl halides is 1. The van der Waals surface area contributed by atoms with E-state index in [1.54, 1.807) is 23.2 Å². The van der Waals surface area contributed by atoms with Crippen molar-refractivity contribution in [3.8, 4) is 29.1 Å². The molecule has 0 saturated carbocycles. The summed E-state index contributed by atoms with van der Waals surface area (Å²) < 4.78 is 37.6. The maximum absolute atomic E-state index is 16.8. The number of likely N-dealkylation sites (N-methyl/N-ethyl adjacent to an activating group) is 1. The number of halogens is 3. The largest absolute Gasteiger partial charge is 0.461 e. The van der Waals surface area contributed by atoms with Gasteiger partial charge in [-0.15, -0.1) is 0 Å². The molecule has 6 heterocycles. The van der Waals surface area contributed by atoms with E-state index in [1.807, 2.05) is 36.2 Å². The molecule has 4 saturated heterocycles. The molecule has 9 nitrogen and oxygen atoms in total. The quantitative estimate of drug-likeness (QED) is 0.291. The highest BCUT2D eigenvalue weighted by atomic mass is 35.5. The lowest BCUT2D eigenvalue weighted by molar-refractivity contribution is -0.124. The number of hydrogen-bond donors (Lipinski definition) is 1. The van der Waals surface area contributed by atoms with Gasteiger partial charge in [0.15, 0.2) is 5.82 Å². The van der Waals surface area contributed by atoms with Gasteiger partial charge in [0.2, 0.25) is 0 Å². The number of aromatic nitrogens is 3. The average Bonchev–Trinajstić information content (AvgIpc) is 3.78. The van der Waals surface area contributed by atoms with Crippen LogP contribution in [-0.4, -0.2) is 101 Å². The molecule has 4 aromatic rings. The van der Waals surface area contributed by atoms with Gasteiger partial charge in [-0.1, -0.05) is 47.9 Å². The molecule has 12 heteroatoms. The fourth-order valence-corrected chi connectivity index (χ4v) is 8.02. The van der Waals surface area contributed by atoms with Gasteiger partial charge >= 0.3 is 6.01 Å². The van der Waals surface area contributed by atoms with E-state index < -0.39 is 17.5 Å². The summed E-state index contributed by atoms with van der Waals surface area (Å²) in [5.41, 5.74) is 0.318. The van der Waals surface area contributed by atoms with Crippen molar-refractivity contribution in [2.45, 2.75) is 43.4 Å². The summed E-state index contributed by atoms with van der Waals surface area (Å²) in [5.74, 6) is 5.73. The van der Waals surface area contributed by atoms with Gasteiger partial charge in [0, 0.05) is 80.3 Å². The van der Waals surface area contributed by atoms with Gasteiger partial charge < -0.3 is 19.9 Å². The zero-order valence-electron chi connectivity index (χ0n) is 26.7. The molecule has 2 aromatic carbocycles. The predicted octanol–water partition coefficient (Wildman–Crippen LogP) is 4.85. The smallest absolute Gasteiger partial charge is 0.319 e. The number of rotatable bonds is 6. The van der Waals surface area contributed by atoms with Gasteiger partial charge in [0.1, 0.15) is 29.8 Å². The first kappa shape index (κ1) is 31.2. The van der Waals surface area contributed by atoms with Crippen molar-refractivity contribution in [1.29, 1.82) is 0 Å². The number of carbonyl (C=O) groups excluding carboxylic acids is 1. The topological polar surface area (TPSA) is 86.7 Å². The number of nitrogens with zero attached hydrogens (tertiary/aromatic N) is 6. The molecule has 8 rings (SSSR count). The summed E-state index contributed by atoms with van der Waals surface area (Å²) in [5, 5.41) is 5.65. The molecule has 4 aliphatic rings. The van der Waals surface area contributed by atoms with Crippen LogP contribution < -0.4 is 15.0 Å². The molecule has 1 amide bonds. The minimum Gasteiger partial charge on any atom is -0.461 e. The minimum atomic E-state index is -0.908. The lowest BCUT2D eigenvalue weighted by Gasteiger charge is -2.31. The third kappa shape index (κ3) is 5.50. The third-order valence-corrected chi connectivity index (χ3v) is 10.8. The molecule has 0 aliphatic carbocycles. The number of fused-ring (bicyclic) bond motifs is 3. The fourth-order valence-electron chi connectivity index (χ4n) is 7.73. The number of likely N-dealkylation sites (tertiary alicyclic amines) is 1. The van der Waals surface area contributed by atoms with E-state index in [1.165, 1.54) is 0 Å². The molecule has 0 spiro atoms. The van der Waals surface area contributed by atoms with Gasteiger partial charge in [-0.05, 0) is 43.2 Å². The normalized spacial score (nSPS) is 24.0. The van der Waals surface area contributed by atoms with Gasteiger partial charge in [0.25, 0.3) is 5.91 Å². The Labute approximate surface area is 282 Å². The SMILES string of the molecule is CN(c1nc(OC[C@@]23CCCN2C[C@H](F)C3)nc2c(F)c(-c3cccc4cccc(Cl)c34)ncc12)[C@@H]1CCN(C(=O)C#CC2CNC2)C1. The van der Waals surface area contributed by atoms with Crippen molar-refractivity contribution in [2.75, 3.05) is 57.8 Å². The number of amides is 1. The van der Waals surface area contributed by atoms with Crippen molar-refractivity contribution < 1.29 is 18.3 Å². The maximum atomic E-state index is 16.8. The van der Waals surface area contributed by atoms with Crippen LogP contribution in [0.5, 0.6) is 6.01 Å². The number of carbonyl (C=O) groups is 1. The first-order chi connectivity index (χ1) is 23.3. The van der Waals surface area contributed by atoms with Crippen LogP contribution in [0.2, 0.25) is 5.02 Å². The molecule has 248 valence electrons. The Morgan fingerprint density at radius 1 is 1.19 bits per heavy atom. The Morgan fingerprint density at radius 3 is 2.83 bits per heavy atom. The van der Waals surface area contributed by atoms with Crippen LogP contribution in [0.25, 0.3) is 32.9 Å². The molecule has 4 fully saturated rings. The van der Waals surface area contributed by atoms with Crippen molar-refractivity contribution in [3.63, 3.8) is 0 Å². The predicted molar refractivity (Wildman–Crippen MR) is 181 cm³/mol. The third-order valence-electron chi connectivity index (χ3n) is 10.5. The van der Waals surface area contributed by atoms with E-state index in [4.69, 9.17) is 21.3 Å². The van der Waals surface area contributed by atoms with Crippen LogP contribution in [-0.2, 0) is 4.79 Å². The standard InChI is InChI=1S/C36H36ClF2N7O2/c1-44(25-11-14-45(20-25)29(47)10-9-22-16-40-17-22)34-27-18-41-32(26-7-2-5-23-6-3-8-28(37)30(23)26)31(39)33(27)42-35(43-34)48-21-36-12-4-13-46(36)19-24(38)15-36/h2-3,5-8,18,22,24-25,40H,4,11-17,19-21H2,1H3/t24-,25-,36+/m1/s1. The Kier molecular flexibility index (Phi) is 8.06. The second-order valence-electron chi connectivity index (χ2n) is 13.4. The molecule has 0 radical (unpaired) electrons. The molecule has 1 N–H and O–H groups in total. The van der Waals surface area contributed by atoms with Crippen molar-refractivity contribution in [2.24, 2.45) is 5.92 Å². The number of nitrogens with one attached hydrogen (secondary N) is 1. The highest BCUT2D eigenvalue weighted by Gasteiger charge is 2.49. The summed E-state index contributed by atoms with van der Waals surface area (Å²) in [4.78, 5) is 32.8. The molecule has 2 aromatic heterocycles. The Morgan fingerprint density at radius 2 is 2.02 bits per heavy atom. The first-order valence-corrected chi connectivity index (χ1v) is 17.0. The molecule has 48 heavy (non-hydrogen) atoms. The average molecular weight is 672 g/mol. The number of pyridine rings is 1. The lowest BCUT2D eigenvalue weighted by Crippen LogP contribution is -2.43. The van der Waals surface area contributed by atoms with Crippen molar-refractivity contribution >= 4 is 45.0 Å². The summed E-state index contributed by atoms with van der Waals surface area (Å²) in [6, 6.07) is 11.0. The molecule has 4 aliphatic heterocycles. The second-order valence-corrected chi connectivity index (χ2v) is 13.9. The van der Waals surface area contributed by atoms with E-state index in [0.29, 0.717) is 59.7 Å². The Hall–Kier alpha value is -4.11. The lowest BCUT2D eigenvalue weighted by atomic mass is 9.95. The fraction of sp³-hybridized carbons (Fsp3) is 0.444. The van der Waals surface area contributed by atoms with Crippen LogP contribution in [0, 0.1) is 23.6 Å². The van der Waals surface area contributed by atoms with E-state index >= 15 is 4.39 Å². The zero-order chi connectivity index (χ0) is 33.0. The number of ether oxygens (including phenoxy) is 1. The molecular formula is C36H36ClF2N7O2. The summed E-state index contributed by atoms with van der Waals surface area (Å²) in [7, 11) is 1.88. The van der Waals surface area contributed by atoms with E-state index in [9.17, 15) is 9.18 Å². The van der Waals surface area contributed by atoms with Gasteiger partial charge in [0.05, 0.1) is 10.9 Å². The number of anilines is 1. The summed E-state index contributed by atoms with van der Waals surface area (Å²) in [6.07, 6.45) is 3.56. The summed E-state index contributed by atoms with van der Waals surface area (Å²) >= 11 is 6.61. The Bertz CT molecular complexity index is 1980.